The number of carbonyl (C=O) groups excluding carboxylic acids is 1. The summed E-state index contributed by atoms with van der Waals surface area (Å²) in [5.74, 6) is -0.141. The number of aromatic nitrogens is 1. The first kappa shape index (κ1) is 10.2. The Morgan fingerprint density at radius 2 is 2.31 bits per heavy atom. The van der Waals surface area contributed by atoms with E-state index in [9.17, 15) is 9.90 Å². The van der Waals surface area contributed by atoms with Gasteiger partial charge in [-0.2, -0.15) is 5.53 Å². The number of benzene rings is 1. The zero-order valence-corrected chi connectivity index (χ0v) is 8.53. The van der Waals surface area contributed by atoms with Crippen LogP contribution >= 0.6 is 0 Å². The molecule has 0 radical (unpaired) electrons. The zero-order valence-electron chi connectivity index (χ0n) is 8.53. The van der Waals surface area contributed by atoms with Crippen LogP contribution in [0.3, 0.4) is 0 Å². The number of amides is 2. The summed E-state index contributed by atoms with van der Waals surface area (Å²) in [6.45, 7) is 1.91. The molecule has 1 aromatic heterocycles. The lowest BCUT2D eigenvalue weighted by Gasteiger charge is -1.99. The Morgan fingerprint density at radius 3 is 3.00 bits per heavy atom. The average Bonchev–Trinajstić information content (AvgIpc) is 2.55. The molecular formula is C10H10N4O2. The van der Waals surface area contributed by atoms with Crippen LogP contribution in [0.15, 0.2) is 23.3 Å². The first-order valence-electron chi connectivity index (χ1n) is 4.61. The molecule has 0 aliphatic rings. The normalized spacial score (nSPS) is 10.3. The van der Waals surface area contributed by atoms with E-state index in [0.29, 0.717) is 10.9 Å². The molecular weight excluding hydrogens is 208 g/mol. The van der Waals surface area contributed by atoms with Crippen LogP contribution in [0.25, 0.3) is 10.9 Å². The van der Waals surface area contributed by atoms with Crippen molar-refractivity contribution in [3.63, 3.8) is 0 Å². The van der Waals surface area contributed by atoms with Crippen molar-refractivity contribution < 1.29 is 9.90 Å². The number of H-pyrrole nitrogens is 1. The number of hydrogen-bond donors (Lipinski definition) is 4. The van der Waals surface area contributed by atoms with Gasteiger partial charge >= 0.3 is 6.03 Å². The van der Waals surface area contributed by atoms with Crippen LogP contribution in [0, 0.1) is 12.5 Å². The summed E-state index contributed by atoms with van der Waals surface area (Å²) in [7, 11) is 0. The second-order valence-corrected chi connectivity index (χ2v) is 3.44. The Kier molecular flexibility index (Phi) is 2.32. The minimum Gasteiger partial charge on any atom is -0.493 e. The molecule has 0 bridgehead atoms. The third kappa shape index (κ3) is 1.60. The van der Waals surface area contributed by atoms with Crippen LogP contribution in [0.2, 0.25) is 0 Å². The highest BCUT2D eigenvalue weighted by atomic mass is 16.3. The zero-order chi connectivity index (χ0) is 11.7. The van der Waals surface area contributed by atoms with Gasteiger partial charge < -0.3 is 10.1 Å². The van der Waals surface area contributed by atoms with Crippen LogP contribution in [0.4, 0.5) is 10.5 Å². The number of rotatable bonds is 1. The third-order valence-corrected chi connectivity index (χ3v) is 2.27. The lowest BCUT2D eigenvalue weighted by Crippen LogP contribution is -2.04. The number of aromatic amines is 1. The van der Waals surface area contributed by atoms with Crippen molar-refractivity contribution in [3.8, 4) is 5.88 Å². The van der Waals surface area contributed by atoms with E-state index in [1.54, 1.807) is 6.07 Å². The van der Waals surface area contributed by atoms with Gasteiger partial charge in [-0.25, -0.2) is 4.79 Å². The van der Waals surface area contributed by atoms with Gasteiger partial charge in [0.1, 0.15) is 5.69 Å². The quantitative estimate of drug-likeness (QED) is 0.553. The van der Waals surface area contributed by atoms with Gasteiger partial charge in [0.15, 0.2) is 0 Å². The van der Waals surface area contributed by atoms with Crippen LogP contribution < -0.4 is 5.32 Å². The van der Waals surface area contributed by atoms with Crippen molar-refractivity contribution in [2.75, 3.05) is 5.32 Å². The molecule has 4 N–H and O–H groups in total. The fourth-order valence-electron chi connectivity index (χ4n) is 1.55. The number of carbonyl (C=O) groups is 1. The monoisotopic (exact) mass is 218 g/mol. The highest BCUT2D eigenvalue weighted by molar-refractivity contribution is 6.03. The van der Waals surface area contributed by atoms with Crippen LogP contribution in [0.5, 0.6) is 5.88 Å². The molecule has 0 saturated heterocycles. The summed E-state index contributed by atoms with van der Waals surface area (Å²) in [4.78, 5) is 13.7. The van der Waals surface area contributed by atoms with Gasteiger partial charge in [-0.15, -0.1) is 0 Å². The number of nitrogens with zero attached hydrogens (tertiary/aromatic N) is 1. The Balaban J connectivity index is 2.58. The second kappa shape index (κ2) is 3.65. The molecule has 0 fully saturated rings. The standard InChI is InChI=1S/C10H10N4O2/c1-5-2-3-7-6(4-5)8(9(15)12-7)13-10(16)14-11/h2-4,11-12,15H,1H3,(H,13,16). The van der Waals surface area contributed by atoms with Crippen LogP contribution in [0.1, 0.15) is 5.56 Å². The maximum absolute atomic E-state index is 11.0. The fourth-order valence-corrected chi connectivity index (χ4v) is 1.55. The Labute approximate surface area is 90.8 Å². The van der Waals surface area contributed by atoms with E-state index in [4.69, 9.17) is 5.53 Å². The molecule has 16 heavy (non-hydrogen) atoms. The molecule has 0 unspecified atom stereocenters. The van der Waals surface area contributed by atoms with E-state index in [2.05, 4.69) is 15.4 Å². The lowest BCUT2D eigenvalue weighted by molar-refractivity contribution is 0.257. The molecule has 0 aliphatic heterocycles. The number of urea groups is 1. The fraction of sp³-hybridized carbons (Fsp3) is 0.100. The third-order valence-electron chi connectivity index (χ3n) is 2.27. The Bertz CT molecular complexity index is 573. The number of anilines is 1. The molecule has 6 nitrogen and oxygen atoms in total. The topological polar surface area (TPSA) is 101 Å². The number of hydrogen-bond acceptors (Lipinski definition) is 3. The SMILES string of the molecule is Cc1ccc2[nH]c(O)c(NC(=O)N=N)c2c1. The summed E-state index contributed by atoms with van der Waals surface area (Å²) in [5, 5.41) is 15.3. The van der Waals surface area contributed by atoms with E-state index in [-0.39, 0.29) is 11.6 Å². The molecule has 82 valence electrons. The minimum atomic E-state index is -0.822. The van der Waals surface area contributed by atoms with Gasteiger partial charge in [0, 0.05) is 5.39 Å². The molecule has 1 heterocycles. The summed E-state index contributed by atoms with van der Waals surface area (Å²) in [6.07, 6.45) is 0. The summed E-state index contributed by atoms with van der Waals surface area (Å²) < 4.78 is 0. The largest absolute Gasteiger partial charge is 0.493 e. The average molecular weight is 218 g/mol. The van der Waals surface area contributed by atoms with Crippen LogP contribution in [-0.4, -0.2) is 16.1 Å². The van der Waals surface area contributed by atoms with Crippen molar-refractivity contribution in [2.45, 2.75) is 6.92 Å². The number of fused-ring (bicyclic) bond motifs is 1. The maximum Gasteiger partial charge on any atom is 0.363 e. The number of nitrogens with one attached hydrogen (secondary N) is 3. The van der Waals surface area contributed by atoms with Gasteiger partial charge in [-0.05, 0) is 19.1 Å². The predicted octanol–water partition coefficient (Wildman–Crippen LogP) is 2.74. The highest BCUT2D eigenvalue weighted by Crippen LogP contribution is 2.33. The summed E-state index contributed by atoms with van der Waals surface area (Å²) in [6, 6.07) is 4.69. The van der Waals surface area contributed by atoms with Crippen molar-refractivity contribution in [1.29, 1.82) is 5.53 Å². The minimum absolute atomic E-state index is 0.141. The van der Waals surface area contributed by atoms with E-state index in [0.717, 1.165) is 5.56 Å². The smallest absolute Gasteiger partial charge is 0.363 e. The van der Waals surface area contributed by atoms with Gasteiger partial charge in [0.05, 0.1) is 5.52 Å². The number of aromatic hydroxyl groups is 1. The first-order chi connectivity index (χ1) is 7.61. The predicted molar refractivity (Wildman–Crippen MR) is 58.9 cm³/mol. The van der Waals surface area contributed by atoms with Crippen molar-refractivity contribution in [1.82, 2.24) is 4.98 Å². The molecule has 2 rings (SSSR count). The second-order valence-electron chi connectivity index (χ2n) is 3.44. The first-order valence-corrected chi connectivity index (χ1v) is 4.61. The van der Waals surface area contributed by atoms with Gasteiger partial charge in [0.2, 0.25) is 5.88 Å². The molecule has 0 saturated carbocycles. The molecule has 2 amide bonds. The molecule has 0 atom stereocenters. The van der Waals surface area contributed by atoms with E-state index in [1.807, 2.05) is 19.1 Å². The summed E-state index contributed by atoms with van der Waals surface area (Å²) >= 11 is 0. The number of aryl methyl sites for hydroxylation is 1. The Morgan fingerprint density at radius 1 is 1.56 bits per heavy atom. The van der Waals surface area contributed by atoms with E-state index >= 15 is 0 Å². The van der Waals surface area contributed by atoms with Gasteiger partial charge in [-0.3, -0.25) is 5.32 Å². The van der Waals surface area contributed by atoms with Gasteiger partial charge in [0.25, 0.3) is 0 Å². The van der Waals surface area contributed by atoms with Crippen molar-refractivity contribution >= 4 is 22.6 Å². The molecule has 6 heteroatoms. The van der Waals surface area contributed by atoms with Crippen LogP contribution in [-0.2, 0) is 0 Å². The highest BCUT2D eigenvalue weighted by Gasteiger charge is 2.12. The van der Waals surface area contributed by atoms with Gasteiger partial charge in [-0.1, -0.05) is 16.7 Å². The molecule has 0 spiro atoms. The van der Waals surface area contributed by atoms with Crippen molar-refractivity contribution in [3.05, 3.63) is 23.8 Å². The van der Waals surface area contributed by atoms with E-state index < -0.39 is 6.03 Å². The molecule has 0 aliphatic carbocycles. The summed E-state index contributed by atoms with van der Waals surface area (Å²) in [5.41, 5.74) is 8.52. The maximum atomic E-state index is 11.0. The van der Waals surface area contributed by atoms with E-state index in [1.165, 1.54) is 0 Å². The Hall–Kier alpha value is -2.37. The lowest BCUT2D eigenvalue weighted by atomic mass is 10.1. The van der Waals surface area contributed by atoms with Crippen molar-refractivity contribution in [2.24, 2.45) is 5.11 Å². The molecule has 2 aromatic rings. The molecule has 1 aromatic carbocycles.